The summed E-state index contributed by atoms with van der Waals surface area (Å²) < 4.78 is 12.4. The highest BCUT2D eigenvalue weighted by atomic mass is 19.1. The van der Waals surface area contributed by atoms with E-state index in [0.29, 0.717) is 5.56 Å². The number of Topliss-reactive ketones (excluding diaryl/α,β-unsaturated/α-hetero) is 1. The van der Waals surface area contributed by atoms with Crippen molar-refractivity contribution in [3.63, 3.8) is 0 Å². The topological polar surface area (TPSA) is 17.1 Å². The molecule has 1 aromatic carbocycles. The second kappa shape index (κ2) is 6.30. The van der Waals surface area contributed by atoms with Crippen LogP contribution in [0, 0.1) is 11.7 Å². The maximum absolute atomic E-state index is 12.4. The minimum atomic E-state index is -0.310. The van der Waals surface area contributed by atoms with Crippen LogP contribution in [0.15, 0.2) is 24.3 Å². The zero-order valence-corrected chi connectivity index (χ0v) is 9.17. The molecule has 78 valence electrons. The summed E-state index contributed by atoms with van der Waals surface area (Å²) in [5, 5.41) is 0. The van der Waals surface area contributed by atoms with Gasteiger partial charge in [-0.1, -0.05) is 27.7 Å². The Morgan fingerprint density at radius 3 is 1.93 bits per heavy atom. The molecule has 0 aromatic heterocycles. The molecule has 0 unspecified atom stereocenters. The highest BCUT2D eigenvalue weighted by Gasteiger charge is 2.09. The average Bonchev–Trinajstić information content (AvgIpc) is 2.21. The fourth-order valence-electron chi connectivity index (χ4n) is 0.947. The molecule has 2 heteroatoms. The molecule has 0 aliphatic rings. The van der Waals surface area contributed by atoms with Gasteiger partial charge < -0.3 is 0 Å². The summed E-state index contributed by atoms with van der Waals surface area (Å²) in [6.45, 7) is 7.65. The molecule has 1 nitrogen and oxygen atoms in total. The SMILES string of the molecule is CC.CC(C)C(=O)c1ccc(F)cc1. The van der Waals surface area contributed by atoms with E-state index in [0.717, 1.165) is 0 Å². The van der Waals surface area contributed by atoms with Crippen LogP contribution in [0.5, 0.6) is 0 Å². The van der Waals surface area contributed by atoms with Crippen molar-refractivity contribution in [2.75, 3.05) is 0 Å². The summed E-state index contributed by atoms with van der Waals surface area (Å²) >= 11 is 0. The van der Waals surface area contributed by atoms with Gasteiger partial charge in [0, 0.05) is 11.5 Å². The Morgan fingerprint density at radius 2 is 1.57 bits per heavy atom. The van der Waals surface area contributed by atoms with Gasteiger partial charge in [-0.15, -0.1) is 0 Å². The summed E-state index contributed by atoms with van der Waals surface area (Å²) in [5.74, 6) is -0.291. The average molecular weight is 196 g/mol. The maximum Gasteiger partial charge on any atom is 0.165 e. The normalized spacial score (nSPS) is 9.29. The zero-order chi connectivity index (χ0) is 11.1. The van der Waals surface area contributed by atoms with E-state index in [9.17, 15) is 9.18 Å². The Morgan fingerprint density at radius 1 is 1.14 bits per heavy atom. The van der Waals surface area contributed by atoms with E-state index >= 15 is 0 Å². The van der Waals surface area contributed by atoms with Gasteiger partial charge in [0.25, 0.3) is 0 Å². The van der Waals surface area contributed by atoms with Crippen LogP contribution in [0.25, 0.3) is 0 Å². The molecule has 0 atom stereocenters. The van der Waals surface area contributed by atoms with Crippen molar-refractivity contribution in [1.82, 2.24) is 0 Å². The molecule has 0 spiro atoms. The lowest BCUT2D eigenvalue weighted by Crippen LogP contribution is -2.06. The Labute approximate surface area is 85.0 Å². The standard InChI is InChI=1S/C10H11FO.C2H6/c1-7(2)10(12)8-3-5-9(11)6-4-8;1-2/h3-7H,1-2H3;1-2H3. The zero-order valence-electron chi connectivity index (χ0n) is 9.17. The molecule has 0 fully saturated rings. The van der Waals surface area contributed by atoms with Gasteiger partial charge in [-0.05, 0) is 24.3 Å². The monoisotopic (exact) mass is 196 g/mol. The molecule has 0 aliphatic carbocycles. The number of ketones is 1. The molecule has 0 amide bonds. The van der Waals surface area contributed by atoms with E-state index in [1.807, 2.05) is 27.7 Å². The third-order valence-electron chi connectivity index (χ3n) is 1.65. The summed E-state index contributed by atoms with van der Waals surface area (Å²) in [6, 6.07) is 5.63. The molecule has 1 rings (SSSR count). The minimum Gasteiger partial charge on any atom is -0.294 e. The fraction of sp³-hybridized carbons (Fsp3) is 0.417. The smallest absolute Gasteiger partial charge is 0.165 e. The van der Waals surface area contributed by atoms with E-state index < -0.39 is 0 Å². The molecule has 1 aromatic rings. The molecule has 0 N–H and O–H groups in total. The first-order valence-corrected chi connectivity index (χ1v) is 4.91. The predicted molar refractivity (Wildman–Crippen MR) is 56.9 cm³/mol. The predicted octanol–water partition coefficient (Wildman–Crippen LogP) is 3.69. The molecular weight excluding hydrogens is 179 g/mol. The Bertz CT molecular complexity index is 275. The van der Waals surface area contributed by atoms with Gasteiger partial charge in [-0.25, -0.2) is 4.39 Å². The molecule has 0 saturated carbocycles. The van der Waals surface area contributed by atoms with E-state index in [2.05, 4.69) is 0 Å². The summed E-state index contributed by atoms with van der Waals surface area (Å²) in [7, 11) is 0. The van der Waals surface area contributed by atoms with Gasteiger partial charge >= 0.3 is 0 Å². The number of benzene rings is 1. The summed E-state index contributed by atoms with van der Waals surface area (Å²) in [5.41, 5.74) is 0.575. The maximum atomic E-state index is 12.4. The molecule has 0 bridgehead atoms. The largest absolute Gasteiger partial charge is 0.294 e. The van der Waals surface area contributed by atoms with Crippen molar-refractivity contribution in [2.45, 2.75) is 27.7 Å². The lowest BCUT2D eigenvalue weighted by atomic mass is 10.0. The molecular formula is C12H17FO. The van der Waals surface area contributed by atoms with Gasteiger partial charge in [-0.3, -0.25) is 4.79 Å². The van der Waals surface area contributed by atoms with Crippen molar-refractivity contribution in [1.29, 1.82) is 0 Å². The first-order chi connectivity index (χ1) is 6.61. The van der Waals surface area contributed by atoms with Crippen LogP contribution in [-0.4, -0.2) is 5.78 Å². The van der Waals surface area contributed by atoms with Gasteiger partial charge in [-0.2, -0.15) is 0 Å². The van der Waals surface area contributed by atoms with E-state index in [-0.39, 0.29) is 17.5 Å². The van der Waals surface area contributed by atoms with Crippen LogP contribution in [0.4, 0.5) is 4.39 Å². The van der Waals surface area contributed by atoms with Crippen molar-refractivity contribution >= 4 is 5.78 Å². The Hall–Kier alpha value is -1.18. The van der Waals surface area contributed by atoms with Crippen LogP contribution >= 0.6 is 0 Å². The molecule has 0 heterocycles. The Kier molecular flexibility index (Phi) is 5.77. The molecule has 0 saturated heterocycles. The van der Waals surface area contributed by atoms with Gasteiger partial charge in [0.1, 0.15) is 5.82 Å². The molecule has 14 heavy (non-hydrogen) atoms. The van der Waals surface area contributed by atoms with Crippen molar-refractivity contribution in [3.8, 4) is 0 Å². The van der Waals surface area contributed by atoms with Crippen LogP contribution in [0.2, 0.25) is 0 Å². The van der Waals surface area contributed by atoms with E-state index in [4.69, 9.17) is 0 Å². The van der Waals surface area contributed by atoms with E-state index in [1.165, 1.54) is 24.3 Å². The second-order valence-corrected chi connectivity index (χ2v) is 3.03. The van der Waals surface area contributed by atoms with Crippen molar-refractivity contribution < 1.29 is 9.18 Å². The quantitative estimate of drug-likeness (QED) is 0.659. The summed E-state index contributed by atoms with van der Waals surface area (Å²) in [4.78, 5) is 11.3. The van der Waals surface area contributed by atoms with Crippen molar-refractivity contribution in [2.24, 2.45) is 5.92 Å². The van der Waals surface area contributed by atoms with Gasteiger partial charge in [0.2, 0.25) is 0 Å². The Balaban J connectivity index is 0.000000791. The van der Waals surface area contributed by atoms with Gasteiger partial charge in [0.05, 0.1) is 0 Å². The number of hydrogen-bond donors (Lipinski definition) is 0. The first kappa shape index (κ1) is 12.8. The number of carbonyl (C=O) groups excluding carboxylic acids is 1. The molecule has 0 radical (unpaired) electrons. The first-order valence-electron chi connectivity index (χ1n) is 4.91. The minimum absolute atomic E-state index is 0.0320. The number of hydrogen-bond acceptors (Lipinski definition) is 1. The number of rotatable bonds is 2. The fourth-order valence-corrected chi connectivity index (χ4v) is 0.947. The second-order valence-electron chi connectivity index (χ2n) is 3.03. The van der Waals surface area contributed by atoms with Crippen LogP contribution < -0.4 is 0 Å². The van der Waals surface area contributed by atoms with Crippen LogP contribution in [0.3, 0.4) is 0 Å². The van der Waals surface area contributed by atoms with Crippen LogP contribution in [-0.2, 0) is 0 Å². The third kappa shape index (κ3) is 3.69. The highest BCUT2D eigenvalue weighted by molar-refractivity contribution is 5.97. The van der Waals surface area contributed by atoms with Crippen molar-refractivity contribution in [3.05, 3.63) is 35.6 Å². The number of carbonyl (C=O) groups is 1. The lowest BCUT2D eigenvalue weighted by Gasteiger charge is -2.02. The molecule has 0 aliphatic heterocycles. The van der Waals surface area contributed by atoms with Crippen LogP contribution in [0.1, 0.15) is 38.1 Å². The lowest BCUT2D eigenvalue weighted by molar-refractivity contribution is 0.0939. The van der Waals surface area contributed by atoms with Gasteiger partial charge in [0.15, 0.2) is 5.78 Å². The number of halogens is 1. The summed E-state index contributed by atoms with van der Waals surface area (Å²) in [6.07, 6.45) is 0. The highest BCUT2D eigenvalue weighted by Crippen LogP contribution is 2.08. The van der Waals surface area contributed by atoms with E-state index in [1.54, 1.807) is 0 Å². The third-order valence-corrected chi connectivity index (χ3v) is 1.65.